The molecule has 5 nitrogen and oxygen atoms in total. The van der Waals surface area contributed by atoms with E-state index in [4.69, 9.17) is 4.74 Å². The van der Waals surface area contributed by atoms with Gasteiger partial charge in [-0.25, -0.2) is 8.78 Å². The fourth-order valence-electron chi connectivity index (χ4n) is 8.44. The van der Waals surface area contributed by atoms with Crippen LogP contribution in [0.1, 0.15) is 79.1 Å². The molecule has 8 atom stereocenters. The fraction of sp³-hybridized carbons (Fsp3) is 0.750. The van der Waals surface area contributed by atoms with Gasteiger partial charge in [0.05, 0.1) is 6.10 Å². The standard InChI is InChI=1S/C28H38F2O5/c1-5-6-7-8-23(34)35-28(22(33)15-29)16(2)13-19-17-9-10-18-25(30)20(31)11-12-26(18,3)24(17)21(32)14-27(19,28)4/h11-12,16-17,19,21,24,32H,5-10,13-15H2,1-4H3/t16-,17-,19-,21-,24+,26-,27-,28+/m0/s1. The van der Waals surface area contributed by atoms with Gasteiger partial charge in [0, 0.05) is 29.1 Å². The number of esters is 1. The summed E-state index contributed by atoms with van der Waals surface area (Å²) in [5, 5.41) is 11.5. The maximum absolute atomic E-state index is 14.8. The molecule has 3 fully saturated rings. The zero-order valence-corrected chi connectivity index (χ0v) is 21.2. The van der Waals surface area contributed by atoms with Gasteiger partial charge in [-0.1, -0.05) is 46.6 Å². The van der Waals surface area contributed by atoms with E-state index in [0.29, 0.717) is 31.3 Å². The molecule has 4 aliphatic rings. The highest BCUT2D eigenvalue weighted by atomic mass is 19.1. The van der Waals surface area contributed by atoms with Crippen molar-refractivity contribution in [2.75, 3.05) is 6.67 Å². The Labute approximate surface area is 206 Å². The normalized spacial score (nSPS) is 42.4. The van der Waals surface area contributed by atoms with Gasteiger partial charge >= 0.3 is 5.97 Å². The average Bonchev–Trinajstić information content (AvgIpc) is 3.03. The summed E-state index contributed by atoms with van der Waals surface area (Å²) >= 11 is 0. The van der Waals surface area contributed by atoms with Crippen LogP contribution in [0.15, 0.2) is 23.6 Å². The Hall–Kier alpha value is -1.89. The van der Waals surface area contributed by atoms with Crippen LogP contribution in [0.4, 0.5) is 8.78 Å². The van der Waals surface area contributed by atoms with E-state index in [1.165, 1.54) is 6.08 Å². The summed E-state index contributed by atoms with van der Waals surface area (Å²) in [4.78, 5) is 38.1. The number of aliphatic hydroxyl groups excluding tert-OH is 1. The minimum atomic E-state index is -1.64. The third-order valence-electron chi connectivity index (χ3n) is 9.92. The first-order chi connectivity index (χ1) is 16.5. The molecule has 0 unspecified atom stereocenters. The number of rotatable bonds is 7. The first kappa shape index (κ1) is 26.2. The van der Waals surface area contributed by atoms with E-state index in [9.17, 15) is 28.3 Å². The quantitative estimate of drug-likeness (QED) is 0.390. The van der Waals surface area contributed by atoms with Crippen molar-refractivity contribution in [2.45, 2.75) is 90.8 Å². The minimum absolute atomic E-state index is 0.0846. The maximum atomic E-state index is 14.8. The van der Waals surface area contributed by atoms with Gasteiger partial charge in [0.25, 0.3) is 0 Å². The number of fused-ring (bicyclic) bond motifs is 5. The van der Waals surface area contributed by atoms with E-state index in [1.807, 2.05) is 27.7 Å². The molecule has 0 heterocycles. The Morgan fingerprint density at radius 3 is 2.63 bits per heavy atom. The van der Waals surface area contributed by atoms with Crippen LogP contribution in [0.5, 0.6) is 0 Å². The largest absolute Gasteiger partial charge is 0.450 e. The predicted molar refractivity (Wildman–Crippen MR) is 127 cm³/mol. The Kier molecular flexibility index (Phi) is 6.88. The highest BCUT2D eigenvalue weighted by Gasteiger charge is 2.73. The van der Waals surface area contributed by atoms with Crippen LogP contribution in [-0.4, -0.2) is 41.0 Å². The molecule has 0 amide bonds. The number of carbonyl (C=O) groups excluding carboxylic acids is 3. The van der Waals surface area contributed by atoms with Gasteiger partial charge in [0.1, 0.15) is 0 Å². The number of ether oxygens (including phenoxy) is 1. The number of Topliss-reactive ketones (excluding diaryl/α,β-unsaturated/α-hetero) is 1. The number of aliphatic hydroxyl groups is 1. The van der Waals surface area contributed by atoms with Crippen LogP contribution < -0.4 is 0 Å². The smallest absolute Gasteiger partial charge is 0.306 e. The van der Waals surface area contributed by atoms with Crippen LogP contribution in [0.3, 0.4) is 0 Å². The molecule has 4 aliphatic carbocycles. The van der Waals surface area contributed by atoms with Crippen LogP contribution in [0.25, 0.3) is 0 Å². The van der Waals surface area contributed by atoms with Crippen molar-refractivity contribution in [3.63, 3.8) is 0 Å². The van der Waals surface area contributed by atoms with Gasteiger partial charge in [-0.2, -0.15) is 0 Å². The van der Waals surface area contributed by atoms with Crippen molar-refractivity contribution in [1.29, 1.82) is 0 Å². The lowest BCUT2D eigenvalue weighted by molar-refractivity contribution is -0.204. The highest BCUT2D eigenvalue weighted by Crippen LogP contribution is 2.69. The monoisotopic (exact) mass is 492 g/mol. The highest BCUT2D eigenvalue weighted by molar-refractivity contribution is 6.04. The molecule has 4 rings (SSSR count). The van der Waals surface area contributed by atoms with Crippen molar-refractivity contribution < 1.29 is 33.0 Å². The van der Waals surface area contributed by atoms with Crippen LogP contribution in [0, 0.1) is 34.5 Å². The van der Waals surface area contributed by atoms with E-state index >= 15 is 0 Å². The van der Waals surface area contributed by atoms with Crippen LogP contribution in [-0.2, 0) is 19.1 Å². The first-order valence-electron chi connectivity index (χ1n) is 13.1. The van der Waals surface area contributed by atoms with Crippen molar-refractivity contribution >= 4 is 17.5 Å². The Morgan fingerprint density at radius 2 is 1.97 bits per heavy atom. The summed E-state index contributed by atoms with van der Waals surface area (Å²) in [6.07, 6.45) is 6.29. The molecule has 194 valence electrons. The Morgan fingerprint density at radius 1 is 1.26 bits per heavy atom. The zero-order valence-electron chi connectivity index (χ0n) is 21.2. The summed E-state index contributed by atoms with van der Waals surface area (Å²) in [6, 6.07) is 0. The lowest BCUT2D eigenvalue weighted by Crippen LogP contribution is -2.64. The molecule has 7 heteroatoms. The van der Waals surface area contributed by atoms with Gasteiger partial charge in [0.15, 0.2) is 18.1 Å². The number of alkyl halides is 1. The fourth-order valence-corrected chi connectivity index (χ4v) is 8.44. The predicted octanol–water partition coefficient (Wildman–Crippen LogP) is 5.21. The molecule has 35 heavy (non-hydrogen) atoms. The summed E-state index contributed by atoms with van der Waals surface area (Å²) in [7, 11) is 0. The number of carbonyl (C=O) groups is 3. The lowest BCUT2D eigenvalue weighted by Gasteiger charge is -2.59. The Balaban J connectivity index is 1.73. The summed E-state index contributed by atoms with van der Waals surface area (Å²) in [6.45, 7) is 6.37. The van der Waals surface area contributed by atoms with E-state index in [1.54, 1.807) is 6.08 Å². The maximum Gasteiger partial charge on any atom is 0.306 e. The number of hydrogen-bond acceptors (Lipinski definition) is 5. The Bertz CT molecular complexity index is 972. The molecule has 1 N–H and O–H groups in total. The molecule has 0 aromatic heterocycles. The third kappa shape index (κ3) is 3.67. The van der Waals surface area contributed by atoms with Gasteiger partial charge in [0.2, 0.25) is 11.6 Å². The molecule has 0 aromatic carbocycles. The lowest BCUT2D eigenvalue weighted by atomic mass is 9.46. The topological polar surface area (TPSA) is 80.7 Å². The van der Waals surface area contributed by atoms with Crippen molar-refractivity contribution in [3.8, 4) is 0 Å². The SMILES string of the molecule is CCCCCC(=O)O[C@@]1(C(=O)CF)[C@@H](C)C[C@H]2[C@@H]3CCC4=C(F)C(=O)C=C[C@]4(C)[C@H]3[C@@H](O)C[C@@]21C. The van der Waals surface area contributed by atoms with Crippen molar-refractivity contribution in [3.05, 3.63) is 23.6 Å². The summed E-state index contributed by atoms with van der Waals surface area (Å²) in [5.41, 5.74) is -2.95. The average molecular weight is 493 g/mol. The van der Waals surface area contributed by atoms with E-state index < -0.39 is 58.5 Å². The van der Waals surface area contributed by atoms with Gasteiger partial charge < -0.3 is 9.84 Å². The van der Waals surface area contributed by atoms with Crippen LogP contribution >= 0.6 is 0 Å². The molecule has 0 saturated heterocycles. The number of ketones is 2. The second kappa shape index (κ2) is 9.20. The molecule has 0 aliphatic heterocycles. The van der Waals surface area contributed by atoms with Gasteiger partial charge in [-0.15, -0.1) is 0 Å². The first-order valence-corrected chi connectivity index (χ1v) is 13.1. The number of halogens is 2. The van der Waals surface area contributed by atoms with Gasteiger partial charge in [-0.05, 0) is 55.6 Å². The van der Waals surface area contributed by atoms with Gasteiger partial charge in [-0.3, -0.25) is 14.4 Å². The molecule has 3 saturated carbocycles. The van der Waals surface area contributed by atoms with Crippen LogP contribution in [0.2, 0.25) is 0 Å². The van der Waals surface area contributed by atoms with E-state index in [-0.39, 0.29) is 30.6 Å². The summed E-state index contributed by atoms with van der Waals surface area (Å²) in [5.74, 6) is -3.55. The number of hydrogen-bond donors (Lipinski definition) is 1. The molecular formula is C28H38F2O5. The van der Waals surface area contributed by atoms with E-state index in [2.05, 4.69) is 0 Å². The van der Waals surface area contributed by atoms with Crippen molar-refractivity contribution in [1.82, 2.24) is 0 Å². The zero-order chi connectivity index (χ0) is 25.8. The second-order valence-corrected chi connectivity index (χ2v) is 11.7. The summed E-state index contributed by atoms with van der Waals surface area (Å²) < 4.78 is 34.9. The molecule has 0 spiro atoms. The third-order valence-corrected chi connectivity index (χ3v) is 9.92. The van der Waals surface area contributed by atoms with E-state index in [0.717, 1.165) is 12.8 Å². The molecular weight excluding hydrogens is 454 g/mol. The minimum Gasteiger partial charge on any atom is -0.450 e. The van der Waals surface area contributed by atoms with Crippen molar-refractivity contribution in [2.24, 2.45) is 34.5 Å². The second-order valence-electron chi connectivity index (χ2n) is 11.7. The molecule has 0 bridgehead atoms. The molecule has 0 aromatic rings. The number of allylic oxidation sites excluding steroid dienone is 4. The molecule has 0 radical (unpaired) electrons. The number of unbranched alkanes of at least 4 members (excludes halogenated alkanes) is 2.